The van der Waals surface area contributed by atoms with Crippen LogP contribution in [0.15, 0.2) is 42.5 Å². The molecule has 0 spiro atoms. The van der Waals surface area contributed by atoms with Gasteiger partial charge >= 0.3 is 0 Å². The van der Waals surface area contributed by atoms with Gasteiger partial charge in [-0.05, 0) is 36.8 Å². The molecule has 0 aliphatic rings. The van der Waals surface area contributed by atoms with Crippen LogP contribution in [0, 0.1) is 19.3 Å². The fourth-order valence-electron chi connectivity index (χ4n) is 1.91. The second-order valence-electron chi connectivity index (χ2n) is 4.41. The first kappa shape index (κ1) is 14.3. The zero-order chi connectivity index (χ0) is 14.4. The highest BCUT2D eigenvalue weighted by molar-refractivity contribution is 6.30. The van der Waals surface area contributed by atoms with E-state index in [2.05, 4.69) is 24.2 Å². The van der Waals surface area contributed by atoms with E-state index in [1.165, 1.54) is 5.56 Å². The second-order valence-corrected chi connectivity index (χ2v) is 4.85. The molecule has 0 saturated carbocycles. The molecule has 1 N–H and O–H groups in total. The summed E-state index contributed by atoms with van der Waals surface area (Å²) in [6, 6.07) is 13.7. The fraction of sp³-hybridized carbons (Fsp3) is 0.176. The molecule has 0 aliphatic heterocycles. The first-order chi connectivity index (χ1) is 9.70. The van der Waals surface area contributed by atoms with Crippen LogP contribution in [0.5, 0.6) is 5.75 Å². The van der Waals surface area contributed by atoms with E-state index in [9.17, 15) is 0 Å². The summed E-state index contributed by atoms with van der Waals surface area (Å²) in [6.07, 6.45) is 5.22. The van der Waals surface area contributed by atoms with Gasteiger partial charge in [0.15, 0.2) is 0 Å². The summed E-state index contributed by atoms with van der Waals surface area (Å²) in [6.45, 7) is 2.94. The first-order valence-electron chi connectivity index (χ1n) is 6.35. The summed E-state index contributed by atoms with van der Waals surface area (Å²) in [7, 11) is 0. The number of hydrogen-bond donors (Lipinski definition) is 1. The minimum atomic E-state index is 0.249. The Morgan fingerprint density at radius 3 is 2.80 bits per heavy atom. The van der Waals surface area contributed by atoms with Crippen LogP contribution < -0.4 is 10.1 Å². The Morgan fingerprint density at radius 2 is 2.05 bits per heavy atom. The largest absolute Gasteiger partial charge is 0.481 e. The minimum absolute atomic E-state index is 0.249. The van der Waals surface area contributed by atoms with E-state index in [0.717, 1.165) is 17.0 Å². The van der Waals surface area contributed by atoms with E-state index < -0.39 is 0 Å². The van der Waals surface area contributed by atoms with Gasteiger partial charge in [-0.25, -0.2) is 0 Å². The first-order valence-corrected chi connectivity index (χ1v) is 6.72. The van der Waals surface area contributed by atoms with Crippen LogP contribution >= 0.6 is 11.6 Å². The van der Waals surface area contributed by atoms with Gasteiger partial charge < -0.3 is 10.1 Å². The van der Waals surface area contributed by atoms with Crippen LogP contribution in [0.25, 0.3) is 0 Å². The normalized spacial score (nSPS) is 9.85. The van der Waals surface area contributed by atoms with Crippen molar-refractivity contribution >= 4 is 17.3 Å². The lowest BCUT2D eigenvalue weighted by Crippen LogP contribution is -2.04. The third-order valence-corrected chi connectivity index (χ3v) is 3.18. The van der Waals surface area contributed by atoms with Crippen molar-refractivity contribution in [3.05, 3.63) is 58.6 Å². The van der Waals surface area contributed by atoms with Gasteiger partial charge in [-0.3, -0.25) is 0 Å². The monoisotopic (exact) mass is 285 g/mol. The Hall–Kier alpha value is -2.11. The van der Waals surface area contributed by atoms with Crippen molar-refractivity contribution < 1.29 is 4.74 Å². The lowest BCUT2D eigenvalue weighted by atomic mass is 10.1. The molecule has 2 nitrogen and oxygen atoms in total. The molecule has 0 radical (unpaired) electrons. The summed E-state index contributed by atoms with van der Waals surface area (Å²) in [4.78, 5) is 0. The average molecular weight is 286 g/mol. The fourth-order valence-corrected chi connectivity index (χ4v) is 2.10. The number of anilines is 1. The topological polar surface area (TPSA) is 21.3 Å². The van der Waals surface area contributed by atoms with Gasteiger partial charge in [0.25, 0.3) is 0 Å². The average Bonchev–Trinajstić information content (AvgIpc) is 2.45. The Labute approximate surface area is 124 Å². The zero-order valence-electron chi connectivity index (χ0n) is 11.3. The van der Waals surface area contributed by atoms with Crippen molar-refractivity contribution in [1.82, 2.24) is 0 Å². The molecule has 0 unspecified atom stereocenters. The maximum Gasteiger partial charge on any atom is 0.148 e. The summed E-state index contributed by atoms with van der Waals surface area (Å²) in [5, 5.41) is 4.06. The Kier molecular flexibility index (Phi) is 4.92. The number of para-hydroxylation sites is 1. The molecule has 0 aliphatic carbocycles. The molecule has 0 fully saturated rings. The SMILES string of the molecule is C#CCOc1ccc(Cl)cc1CNc1ccccc1C. The van der Waals surface area contributed by atoms with Crippen molar-refractivity contribution in [3.63, 3.8) is 0 Å². The Morgan fingerprint density at radius 1 is 1.25 bits per heavy atom. The third kappa shape index (κ3) is 3.69. The molecule has 0 saturated heterocycles. The lowest BCUT2D eigenvalue weighted by Gasteiger charge is -2.13. The number of terminal acetylenes is 1. The van der Waals surface area contributed by atoms with Crippen LogP contribution in [0.3, 0.4) is 0 Å². The zero-order valence-corrected chi connectivity index (χ0v) is 12.1. The maximum atomic E-state index is 6.04. The van der Waals surface area contributed by atoms with Crippen LogP contribution in [-0.2, 0) is 6.54 Å². The Bertz CT molecular complexity index is 631. The molecule has 0 amide bonds. The predicted molar refractivity (Wildman–Crippen MR) is 84.3 cm³/mol. The highest BCUT2D eigenvalue weighted by Gasteiger charge is 2.05. The molecule has 0 bridgehead atoms. The summed E-state index contributed by atoms with van der Waals surface area (Å²) >= 11 is 6.04. The van der Waals surface area contributed by atoms with Gasteiger partial charge in [-0.1, -0.05) is 35.7 Å². The van der Waals surface area contributed by atoms with Gasteiger partial charge in [-0.15, -0.1) is 6.42 Å². The molecule has 0 aromatic heterocycles. The maximum absolute atomic E-state index is 6.04. The van der Waals surface area contributed by atoms with Gasteiger partial charge in [0, 0.05) is 22.8 Å². The summed E-state index contributed by atoms with van der Waals surface area (Å²) in [5.74, 6) is 3.22. The number of aryl methyl sites for hydroxylation is 1. The van der Waals surface area contributed by atoms with Crippen LogP contribution in [-0.4, -0.2) is 6.61 Å². The smallest absolute Gasteiger partial charge is 0.148 e. The van der Waals surface area contributed by atoms with Crippen molar-refractivity contribution in [2.75, 3.05) is 11.9 Å². The molecular formula is C17H16ClNO. The molecule has 102 valence electrons. The van der Waals surface area contributed by atoms with Crippen molar-refractivity contribution in [2.45, 2.75) is 13.5 Å². The van der Waals surface area contributed by atoms with Gasteiger partial charge in [0.2, 0.25) is 0 Å². The molecule has 0 atom stereocenters. The Balaban J connectivity index is 2.14. The number of rotatable bonds is 5. The van der Waals surface area contributed by atoms with E-state index in [-0.39, 0.29) is 6.61 Å². The number of hydrogen-bond acceptors (Lipinski definition) is 2. The van der Waals surface area contributed by atoms with Crippen LogP contribution in [0.2, 0.25) is 5.02 Å². The standard InChI is InChI=1S/C17H16ClNO/c1-3-10-20-17-9-8-15(18)11-14(17)12-19-16-7-5-4-6-13(16)2/h1,4-9,11,19H,10,12H2,2H3. The molecular weight excluding hydrogens is 270 g/mol. The van der Waals surface area contributed by atoms with E-state index in [1.54, 1.807) is 6.07 Å². The van der Waals surface area contributed by atoms with E-state index >= 15 is 0 Å². The minimum Gasteiger partial charge on any atom is -0.481 e. The number of halogens is 1. The molecule has 0 heterocycles. The predicted octanol–water partition coefficient (Wildman–Crippen LogP) is 4.27. The van der Waals surface area contributed by atoms with Crippen molar-refractivity contribution in [2.24, 2.45) is 0 Å². The van der Waals surface area contributed by atoms with Crippen molar-refractivity contribution in [3.8, 4) is 18.1 Å². The van der Waals surface area contributed by atoms with Gasteiger partial charge in [0.05, 0.1) is 0 Å². The summed E-state index contributed by atoms with van der Waals surface area (Å²) in [5.41, 5.74) is 3.27. The molecule has 20 heavy (non-hydrogen) atoms. The van der Waals surface area contributed by atoms with Crippen LogP contribution in [0.4, 0.5) is 5.69 Å². The lowest BCUT2D eigenvalue weighted by molar-refractivity contribution is 0.366. The van der Waals surface area contributed by atoms with E-state index in [4.69, 9.17) is 22.8 Å². The second kappa shape index (κ2) is 6.88. The third-order valence-electron chi connectivity index (χ3n) is 2.95. The molecule has 2 rings (SSSR count). The molecule has 2 aromatic rings. The van der Waals surface area contributed by atoms with Crippen molar-refractivity contribution in [1.29, 1.82) is 0 Å². The molecule has 3 heteroatoms. The van der Waals surface area contributed by atoms with E-state index in [1.807, 2.05) is 30.3 Å². The number of benzene rings is 2. The van der Waals surface area contributed by atoms with E-state index in [0.29, 0.717) is 11.6 Å². The summed E-state index contributed by atoms with van der Waals surface area (Å²) < 4.78 is 5.53. The number of nitrogens with one attached hydrogen (secondary N) is 1. The quantitative estimate of drug-likeness (QED) is 0.828. The molecule has 2 aromatic carbocycles. The van der Waals surface area contributed by atoms with Gasteiger partial charge in [0.1, 0.15) is 12.4 Å². The highest BCUT2D eigenvalue weighted by Crippen LogP contribution is 2.24. The van der Waals surface area contributed by atoms with Gasteiger partial charge in [-0.2, -0.15) is 0 Å². The highest BCUT2D eigenvalue weighted by atomic mass is 35.5. The number of ether oxygens (including phenoxy) is 1. The van der Waals surface area contributed by atoms with Crippen LogP contribution in [0.1, 0.15) is 11.1 Å².